The number of carbonyl (C=O) groups is 3. The van der Waals surface area contributed by atoms with Crippen LogP contribution in [0.15, 0.2) is 84.9 Å². The number of aromatic hydroxyl groups is 2. The second-order valence-electron chi connectivity index (χ2n) is 16.3. The van der Waals surface area contributed by atoms with Crippen LogP contribution in [0.2, 0.25) is 0 Å². The van der Waals surface area contributed by atoms with Crippen molar-refractivity contribution in [2.75, 3.05) is 0 Å². The van der Waals surface area contributed by atoms with Crippen LogP contribution in [0.5, 0.6) is 23.0 Å². The number of fused-ring (bicyclic) bond motifs is 3. The lowest BCUT2D eigenvalue weighted by Crippen LogP contribution is -2.34. The summed E-state index contributed by atoms with van der Waals surface area (Å²) >= 11 is 0. The maximum absolute atomic E-state index is 13.2. The molecule has 2 N–H and O–H groups in total. The minimum Gasteiger partial charge on any atom is -0.508 e. The molecule has 0 aromatic heterocycles. The summed E-state index contributed by atoms with van der Waals surface area (Å²) in [5.41, 5.74) is 4.12. The van der Waals surface area contributed by atoms with Crippen molar-refractivity contribution in [3.63, 3.8) is 0 Å². The van der Waals surface area contributed by atoms with Gasteiger partial charge < -0.3 is 24.4 Å². The number of benzene rings is 4. The van der Waals surface area contributed by atoms with Crippen molar-refractivity contribution in [2.24, 2.45) is 17.3 Å². The standard InChI is InChI=1S/C16H21FO2.C11H12O3.C11H12O2.C10H14O/c1-5-15(2,3)14(18)19-16(4)9-8-11-10-12(17)6-7-13(11)16;1-6-7(2)11(13)14-10-4-3-8(12)5-9(6)10;1-7-8(2)11(12)13-10-6-4-3-5-9(7)10;1-3-8(2)9-4-6-10(11)7-5-9/h6-7,10H,5,8-9H2,1-4H3;3-7,12H,1-2H3;3-8H,1-2H3;4-8,11H,3H2,1-2H3. The third-order valence-electron chi connectivity index (χ3n) is 11.9. The molecule has 8 nitrogen and oxygen atoms in total. The molecule has 57 heavy (non-hydrogen) atoms. The summed E-state index contributed by atoms with van der Waals surface area (Å²) < 4.78 is 29.3. The van der Waals surface area contributed by atoms with Crippen LogP contribution < -0.4 is 9.47 Å². The van der Waals surface area contributed by atoms with Gasteiger partial charge in [0.15, 0.2) is 0 Å². The van der Waals surface area contributed by atoms with E-state index in [9.17, 15) is 23.9 Å². The summed E-state index contributed by atoms with van der Waals surface area (Å²) in [7, 11) is 0. The Balaban J connectivity index is 0.000000172. The van der Waals surface area contributed by atoms with Crippen LogP contribution in [0.4, 0.5) is 4.39 Å². The van der Waals surface area contributed by atoms with Crippen molar-refractivity contribution >= 4 is 17.9 Å². The number of ether oxygens (including phenoxy) is 3. The number of para-hydroxylation sites is 1. The van der Waals surface area contributed by atoms with Gasteiger partial charge in [-0.15, -0.1) is 0 Å². The Bertz CT molecular complexity index is 2020. The summed E-state index contributed by atoms with van der Waals surface area (Å²) in [5, 5.41) is 18.3. The molecule has 0 saturated carbocycles. The highest BCUT2D eigenvalue weighted by molar-refractivity contribution is 5.79. The number of hydrogen-bond donors (Lipinski definition) is 2. The fourth-order valence-corrected chi connectivity index (χ4v) is 6.71. The first kappa shape index (κ1) is 44.5. The average molecular weight is 783 g/mol. The van der Waals surface area contributed by atoms with Crippen LogP contribution >= 0.6 is 0 Å². The van der Waals surface area contributed by atoms with Gasteiger partial charge in [-0.05, 0) is 135 Å². The number of phenolic OH excluding ortho intramolecular Hbond substituents is 2. The van der Waals surface area contributed by atoms with Crippen LogP contribution in [-0.4, -0.2) is 28.1 Å². The van der Waals surface area contributed by atoms with Gasteiger partial charge in [0, 0.05) is 5.56 Å². The minimum absolute atomic E-state index is 0.0325. The highest BCUT2D eigenvalue weighted by Gasteiger charge is 2.41. The quantitative estimate of drug-likeness (QED) is 0.152. The Hall–Kier alpha value is -5.18. The van der Waals surface area contributed by atoms with Gasteiger partial charge in [-0.3, -0.25) is 14.4 Å². The summed E-state index contributed by atoms with van der Waals surface area (Å²) in [6.45, 7) is 19.8. The van der Waals surface area contributed by atoms with Crippen molar-refractivity contribution < 1.29 is 43.2 Å². The predicted octanol–water partition coefficient (Wildman–Crippen LogP) is 11.3. The van der Waals surface area contributed by atoms with E-state index in [0.29, 0.717) is 17.4 Å². The molecule has 0 radical (unpaired) electrons. The van der Waals surface area contributed by atoms with Crippen molar-refractivity contribution in [2.45, 2.75) is 118 Å². The lowest BCUT2D eigenvalue weighted by Gasteiger charge is -2.31. The Kier molecular flexibility index (Phi) is 14.7. The van der Waals surface area contributed by atoms with Gasteiger partial charge in [0.05, 0.1) is 17.3 Å². The molecule has 2 aliphatic heterocycles. The lowest BCUT2D eigenvalue weighted by molar-refractivity contribution is -0.170. The van der Waals surface area contributed by atoms with E-state index >= 15 is 0 Å². The molecule has 6 unspecified atom stereocenters. The van der Waals surface area contributed by atoms with Gasteiger partial charge in [-0.25, -0.2) is 4.39 Å². The molecular weight excluding hydrogens is 724 g/mol. The molecule has 3 aliphatic rings. The first-order chi connectivity index (χ1) is 26.8. The van der Waals surface area contributed by atoms with Gasteiger partial charge in [-0.2, -0.15) is 0 Å². The first-order valence-electron chi connectivity index (χ1n) is 20.0. The molecule has 0 bridgehead atoms. The van der Waals surface area contributed by atoms with Crippen molar-refractivity contribution in [3.05, 3.63) is 119 Å². The SMILES string of the molecule is CC1C(=O)Oc2ccc(O)cc2C1C.CC1C(=O)Oc2ccccc2C1C.CCC(C)(C)C(=O)OC1(C)CCc2cc(F)ccc21.CCC(C)c1ccc(O)cc1. The van der Waals surface area contributed by atoms with E-state index in [-0.39, 0.29) is 53.1 Å². The predicted molar refractivity (Wildman–Crippen MR) is 220 cm³/mol. The fourth-order valence-electron chi connectivity index (χ4n) is 6.71. The van der Waals surface area contributed by atoms with Crippen LogP contribution in [-0.2, 0) is 31.1 Å². The number of halogens is 1. The van der Waals surface area contributed by atoms with Crippen LogP contribution in [0, 0.1) is 23.1 Å². The van der Waals surface area contributed by atoms with Gasteiger partial charge in [0.1, 0.15) is 34.4 Å². The molecule has 4 aromatic carbocycles. The molecule has 2 heterocycles. The molecule has 6 atom stereocenters. The number of aryl methyl sites for hydroxylation is 1. The third-order valence-corrected chi connectivity index (χ3v) is 11.9. The number of esters is 3. The summed E-state index contributed by atoms with van der Waals surface area (Å²) in [6, 6.07) is 24.7. The van der Waals surface area contributed by atoms with Crippen LogP contribution in [0.25, 0.3) is 0 Å². The zero-order chi connectivity index (χ0) is 42.2. The molecule has 0 fully saturated rings. The molecule has 0 spiro atoms. The van der Waals surface area contributed by atoms with Crippen LogP contribution in [0.1, 0.15) is 134 Å². The smallest absolute Gasteiger partial charge is 0.314 e. The maximum Gasteiger partial charge on any atom is 0.314 e. The van der Waals surface area contributed by atoms with Crippen molar-refractivity contribution in [1.82, 2.24) is 0 Å². The molecule has 0 saturated heterocycles. The summed E-state index contributed by atoms with van der Waals surface area (Å²) in [5.74, 6) is 1.87. The van der Waals surface area contributed by atoms with Gasteiger partial charge >= 0.3 is 17.9 Å². The zero-order valence-electron chi connectivity index (χ0n) is 35.0. The Morgan fingerprint density at radius 2 is 1.37 bits per heavy atom. The number of hydrogen-bond acceptors (Lipinski definition) is 8. The number of rotatable bonds is 5. The number of phenols is 2. The molecule has 1 aliphatic carbocycles. The van der Waals surface area contributed by atoms with Gasteiger partial charge in [-0.1, -0.05) is 84.9 Å². The summed E-state index contributed by atoms with van der Waals surface area (Å²) in [6.07, 6.45) is 3.35. The monoisotopic (exact) mass is 782 g/mol. The van der Waals surface area contributed by atoms with Gasteiger partial charge in [0.2, 0.25) is 0 Å². The second-order valence-corrected chi connectivity index (χ2v) is 16.3. The zero-order valence-corrected chi connectivity index (χ0v) is 35.0. The Morgan fingerprint density at radius 1 is 0.807 bits per heavy atom. The molecule has 4 aromatic rings. The topological polar surface area (TPSA) is 119 Å². The largest absolute Gasteiger partial charge is 0.508 e. The van der Waals surface area contributed by atoms with Gasteiger partial charge in [0.25, 0.3) is 0 Å². The maximum atomic E-state index is 13.2. The molecule has 9 heteroatoms. The van der Waals surface area contributed by atoms with E-state index in [2.05, 4.69) is 20.8 Å². The molecule has 0 amide bonds. The number of carbonyl (C=O) groups excluding carboxylic acids is 3. The highest BCUT2D eigenvalue weighted by Crippen LogP contribution is 2.42. The van der Waals surface area contributed by atoms with Crippen molar-refractivity contribution in [3.8, 4) is 23.0 Å². The van der Waals surface area contributed by atoms with E-state index in [4.69, 9.17) is 19.3 Å². The Labute approximate surface area is 337 Å². The van der Waals surface area contributed by atoms with Crippen molar-refractivity contribution in [1.29, 1.82) is 0 Å². The molecular formula is C48H59FO8. The highest BCUT2D eigenvalue weighted by atomic mass is 19.1. The van der Waals surface area contributed by atoms with E-state index in [1.54, 1.807) is 36.4 Å². The van der Waals surface area contributed by atoms with E-state index in [1.165, 1.54) is 17.7 Å². The second kappa shape index (κ2) is 18.8. The average Bonchev–Trinajstić information content (AvgIpc) is 3.51. The summed E-state index contributed by atoms with van der Waals surface area (Å²) in [4.78, 5) is 34.9. The first-order valence-corrected chi connectivity index (χ1v) is 20.0. The lowest BCUT2D eigenvalue weighted by atomic mass is 9.86. The van der Waals surface area contributed by atoms with E-state index in [0.717, 1.165) is 53.7 Å². The van der Waals surface area contributed by atoms with E-state index < -0.39 is 11.0 Å². The normalized spacial score (nSPS) is 22.2. The van der Waals surface area contributed by atoms with E-state index in [1.807, 2.05) is 84.9 Å². The van der Waals surface area contributed by atoms with Crippen LogP contribution in [0.3, 0.4) is 0 Å². The minimum atomic E-state index is -0.618. The molecule has 306 valence electrons. The molecule has 7 rings (SSSR count). The third kappa shape index (κ3) is 10.8. The Morgan fingerprint density at radius 3 is 1.96 bits per heavy atom. The fraction of sp³-hybridized carbons (Fsp3) is 0.438.